The van der Waals surface area contributed by atoms with Gasteiger partial charge in [0.25, 0.3) is 0 Å². The van der Waals surface area contributed by atoms with Crippen LogP contribution in [0.3, 0.4) is 0 Å². The molecule has 0 radical (unpaired) electrons. The molecule has 0 amide bonds. The summed E-state index contributed by atoms with van der Waals surface area (Å²) in [4.78, 5) is 8.37. The Balaban J connectivity index is 1.96. The van der Waals surface area contributed by atoms with Crippen molar-refractivity contribution in [1.29, 1.82) is 0 Å². The predicted molar refractivity (Wildman–Crippen MR) is 78.9 cm³/mol. The molecule has 2 aromatic heterocycles. The quantitative estimate of drug-likeness (QED) is 0.744. The minimum absolute atomic E-state index is 0.283. The second kappa shape index (κ2) is 4.70. The van der Waals surface area contributed by atoms with Gasteiger partial charge in [0.05, 0.1) is 5.69 Å². The maximum atomic E-state index is 14.3. The van der Waals surface area contributed by atoms with E-state index in [0.717, 1.165) is 23.0 Å². The van der Waals surface area contributed by atoms with Crippen molar-refractivity contribution in [1.82, 2.24) is 9.97 Å². The highest BCUT2D eigenvalue weighted by atomic mass is 19.1. The standard InChI is InChI=1S/C16H12FN3O/c17-13-2-1-10-3-4-18-9-12(10)15(13)11-7-14-16(20-8-11)21-6-5-19-14/h1-4,7-9,19H,5-6H2. The van der Waals surface area contributed by atoms with E-state index in [1.807, 2.05) is 12.1 Å². The van der Waals surface area contributed by atoms with Gasteiger partial charge in [-0.25, -0.2) is 9.37 Å². The number of rotatable bonds is 1. The van der Waals surface area contributed by atoms with Gasteiger partial charge in [-0.15, -0.1) is 0 Å². The van der Waals surface area contributed by atoms with Crippen molar-refractivity contribution in [3.8, 4) is 17.0 Å². The van der Waals surface area contributed by atoms with Crippen LogP contribution >= 0.6 is 0 Å². The van der Waals surface area contributed by atoms with E-state index >= 15 is 0 Å². The minimum atomic E-state index is -0.283. The fraction of sp³-hybridized carbons (Fsp3) is 0.125. The molecule has 0 spiro atoms. The second-order valence-corrected chi connectivity index (χ2v) is 4.87. The number of hydrogen-bond acceptors (Lipinski definition) is 4. The zero-order valence-electron chi connectivity index (χ0n) is 11.1. The molecule has 1 aliphatic heterocycles. The van der Waals surface area contributed by atoms with Crippen molar-refractivity contribution in [2.45, 2.75) is 0 Å². The normalized spacial score (nSPS) is 13.4. The van der Waals surface area contributed by atoms with Crippen LogP contribution in [0.2, 0.25) is 0 Å². The van der Waals surface area contributed by atoms with E-state index in [9.17, 15) is 4.39 Å². The highest BCUT2D eigenvalue weighted by Gasteiger charge is 2.16. The van der Waals surface area contributed by atoms with E-state index in [1.165, 1.54) is 6.07 Å². The van der Waals surface area contributed by atoms with E-state index < -0.39 is 0 Å². The Morgan fingerprint density at radius 3 is 3.10 bits per heavy atom. The summed E-state index contributed by atoms with van der Waals surface area (Å²) in [5.41, 5.74) is 2.02. The van der Waals surface area contributed by atoms with Crippen LogP contribution in [0.1, 0.15) is 0 Å². The average Bonchev–Trinajstić information content (AvgIpc) is 2.54. The first-order valence-corrected chi connectivity index (χ1v) is 6.72. The lowest BCUT2D eigenvalue weighted by Crippen LogP contribution is -2.18. The van der Waals surface area contributed by atoms with Crippen LogP contribution in [0, 0.1) is 5.82 Å². The summed E-state index contributed by atoms with van der Waals surface area (Å²) >= 11 is 0. The number of pyridine rings is 2. The van der Waals surface area contributed by atoms with Gasteiger partial charge in [-0.3, -0.25) is 4.98 Å². The van der Waals surface area contributed by atoms with Gasteiger partial charge >= 0.3 is 0 Å². The molecule has 4 nitrogen and oxygen atoms in total. The summed E-state index contributed by atoms with van der Waals surface area (Å²) in [6.45, 7) is 1.31. The fourth-order valence-electron chi connectivity index (χ4n) is 2.59. The molecule has 0 fully saturated rings. The highest BCUT2D eigenvalue weighted by Crippen LogP contribution is 2.34. The Morgan fingerprint density at radius 2 is 2.14 bits per heavy atom. The van der Waals surface area contributed by atoms with Crippen molar-refractivity contribution in [2.75, 3.05) is 18.5 Å². The molecule has 1 aliphatic rings. The first-order valence-electron chi connectivity index (χ1n) is 6.72. The minimum Gasteiger partial charge on any atom is -0.474 e. The van der Waals surface area contributed by atoms with Crippen molar-refractivity contribution in [3.63, 3.8) is 0 Å². The monoisotopic (exact) mass is 281 g/mol. The number of anilines is 1. The fourth-order valence-corrected chi connectivity index (χ4v) is 2.59. The lowest BCUT2D eigenvalue weighted by molar-refractivity contribution is 0.310. The Morgan fingerprint density at radius 1 is 1.19 bits per heavy atom. The summed E-state index contributed by atoms with van der Waals surface area (Å²) in [7, 11) is 0. The molecule has 0 aliphatic carbocycles. The largest absolute Gasteiger partial charge is 0.474 e. The van der Waals surface area contributed by atoms with Crippen LogP contribution in [-0.4, -0.2) is 23.1 Å². The van der Waals surface area contributed by atoms with E-state index in [4.69, 9.17) is 4.74 Å². The maximum absolute atomic E-state index is 14.3. The van der Waals surface area contributed by atoms with Crippen molar-refractivity contribution < 1.29 is 9.13 Å². The highest BCUT2D eigenvalue weighted by molar-refractivity contribution is 5.96. The van der Waals surface area contributed by atoms with Gasteiger partial charge in [0.2, 0.25) is 5.88 Å². The van der Waals surface area contributed by atoms with Crippen molar-refractivity contribution >= 4 is 16.5 Å². The summed E-state index contributed by atoms with van der Waals surface area (Å²) in [5.74, 6) is 0.276. The van der Waals surface area contributed by atoms with Crippen LogP contribution in [0.25, 0.3) is 21.9 Å². The summed E-state index contributed by atoms with van der Waals surface area (Å²) in [6.07, 6.45) is 5.01. The van der Waals surface area contributed by atoms with Crippen LogP contribution in [0.5, 0.6) is 5.88 Å². The Labute approximate surface area is 120 Å². The summed E-state index contributed by atoms with van der Waals surface area (Å²) < 4.78 is 19.8. The maximum Gasteiger partial charge on any atom is 0.237 e. The topological polar surface area (TPSA) is 47.0 Å². The van der Waals surface area contributed by atoms with Crippen molar-refractivity contribution in [2.24, 2.45) is 0 Å². The number of nitrogens with zero attached hydrogens (tertiary/aromatic N) is 2. The number of hydrogen-bond donors (Lipinski definition) is 1. The van der Waals surface area contributed by atoms with Gasteiger partial charge in [0, 0.05) is 41.6 Å². The lowest BCUT2D eigenvalue weighted by Gasteiger charge is -2.19. The third kappa shape index (κ3) is 1.98. The van der Waals surface area contributed by atoms with Crippen LogP contribution in [0.15, 0.2) is 42.9 Å². The molecule has 104 valence electrons. The van der Waals surface area contributed by atoms with Gasteiger partial charge in [-0.1, -0.05) is 6.07 Å². The lowest BCUT2D eigenvalue weighted by atomic mass is 10.00. The van der Waals surface area contributed by atoms with Gasteiger partial charge < -0.3 is 10.1 Å². The van der Waals surface area contributed by atoms with E-state index in [1.54, 1.807) is 24.7 Å². The van der Waals surface area contributed by atoms with Gasteiger partial charge in [0.15, 0.2) is 0 Å². The number of halogens is 1. The first kappa shape index (κ1) is 12.1. The van der Waals surface area contributed by atoms with Gasteiger partial charge in [-0.2, -0.15) is 0 Å². The zero-order valence-corrected chi connectivity index (χ0v) is 11.1. The Hall–Kier alpha value is -2.69. The Kier molecular flexibility index (Phi) is 2.70. The van der Waals surface area contributed by atoms with E-state index in [2.05, 4.69) is 15.3 Å². The molecule has 0 saturated carbocycles. The van der Waals surface area contributed by atoms with Crippen LogP contribution < -0.4 is 10.1 Å². The van der Waals surface area contributed by atoms with Crippen molar-refractivity contribution in [3.05, 3.63) is 48.7 Å². The smallest absolute Gasteiger partial charge is 0.237 e. The molecular formula is C16H12FN3O. The van der Waals surface area contributed by atoms with Crippen LogP contribution in [0.4, 0.5) is 10.1 Å². The van der Waals surface area contributed by atoms with Crippen LogP contribution in [-0.2, 0) is 0 Å². The number of aromatic nitrogens is 2. The molecule has 0 saturated heterocycles. The molecule has 4 rings (SSSR count). The number of nitrogens with one attached hydrogen (secondary N) is 1. The second-order valence-electron chi connectivity index (χ2n) is 4.87. The molecular weight excluding hydrogens is 269 g/mol. The van der Waals surface area contributed by atoms with Gasteiger partial charge in [-0.05, 0) is 23.6 Å². The molecule has 0 unspecified atom stereocenters. The summed E-state index contributed by atoms with van der Waals surface area (Å²) in [5, 5.41) is 4.94. The number of ether oxygens (including phenoxy) is 1. The third-order valence-corrected chi connectivity index (χ3v) is 3.57. The molecule has 5 heteroatoms. The molecule has 21 heavy (non-hydrogen) atoms. The molecule has 0 atom stereocenters. The molecule has 1 aromatic carbocycles. The van der Waals surface area contributed by atoms with E-state index in [0.29, 0.717) is 23.6 Å². The molecule has 3 aromatic rings. The molecule has 1 N–H and O–H groups in total. The van der Waals surface area contributed by atoms with Gasteiger partial charge in [0.1, 0.15) is 12.4 Å². The zero-order chi connectivity index (χ0) is 14.2. The third-order valence-electron chi connectivity index (χ3n) is 3.57. The Bertz CT molecular complexity index is 835. The molecule has 0 bridgehead atoms. The number of benzene rings is 1. The predicted octanol–water partition coefficient (Wildman–Crippen LogP) is 3.24. The van der Waals surface area contributed by atoms with E-state index in [-0.39, 0.29) is 5.82 Å². The average molecular weight is 281 g/mol. The molecule has 3 heterocycles. The first-order chi connectivity index (χ1) is 10.3. The SMILES string of the molecule is Fc1ccc2ccncc2c1-c1cnc2c(c1)NCCO2. The number of fused-ring (bicyclic) bond motifs is 2. The summed E-state index contributed by atoms with van der Waals surface area (Å²) in [6, 6.07) is 6.96.